The third-order valence-corrected chi connectivity index (χ3v) is 7.19. The van der Waals surface area contributed by atoms with Gasteiger partial charge in [-0.25, -0.2) is 4.39 Å². The molecule has 1 saturated heterocycles. The molecule has 6 atom stereocenters. The molecule has 0 aliphatic carbocycles. The van der Waals surface area contributed by atoms with Gasteiger partial charge in [0.15, 0.2) is 11.6 Å². The van der Waals surface area contributed by atoms with Crippen LogP contribution in [0.5, 0.6) is 11.5 Å². The van der Waals surface area contributed by atoms with Gasteiger partial charge in [-0.15, -0.1) is 0 Å². The molecule has 0 radical (unpaired) electrons. The van der Waals surface area contributed by atoms with E-state index in [0.717, 1.165) is 16.7 Å². The van der Waals surface area contributed by atoms with Crippen molar-refractivity contribution >= 4 is 11.6 Å². The van der Waals surface area contributed by atoms with Gasteiger partial charge in [0.05, 0.1) is 6.61 Å². The number of hydrogen-bond acceptors (Lipinski definition) is 7. The molecular formula is C28H28ClFO7. The van der Waals surface area contributed by atoms with E-state index in [0.29, 0.717) is 41.5 Å². The first-order valence-electron chi connectivity index (χ1n) is 12.1. The first kappa shape index (κ1) is 25.9. The standard InChI is InChI=1S/C28H28ClFO7/c29-21-9-6-17(28-26(34)25(33)24(32)23(13-31)37-28)11-18(21)10-15-4-7-19(8-5-15)35-14-20-12-16-2-1-3-22(30)27(16)36-20/h1-9,11,20,23-26,28,31-34H,10,12-14H2/t20?,23-,24?,25+,26-,28?/m1/s1. The molecule has 5 rings (SSSR count). The van der Waals surface area contributed by atoms with E-state index in [1.165, 1.54) is 6.07 Å². The highest BCUT2D eigenvalue weighted by molar-refractivity contribution is 6.31. The van der Waals surface area contributed by atoms with E-state index in [9.17, 15) is 24.8 Å². The smallest absolute Gasteiger partial charge is 0.165 e. The number of hydrogen-bond donors (Lipinski definition) is 4. The van der Waals surface area contributed by atoms with Gasteiger partial charge < -0.3 is 34.6 Å². The lowest BCUT2D eigenvalue weighted by molar-refractivity contribution is -0.231. The molecular weight excluding hydrogens is 503 g/mol. The van der Waals surface area contributed by atoms with Crippen molar-refractivity contribution in [2.24, 2.45) is 0 Å². The number of aliphatic hydroxyl groups excluding tert-OH is 4. The molecule has 7 nitrogen and oxygen atoms in total. The Morgan fingerprint density at radius 2 is 1.76 bits per heavy atom. The maximum absolute atomic E-state index is 13.9. The van der Waals surface area contributed by atoms with E-state index >= 15 is 0 Å². The molecule has 37 heavy (non-hydrogen) atoms. The van der Waals surface area contributed by atoms with Crippen molar-refractivity contribution in [2.45, 2.75) is 49.5 Å². The van der Waals surface area contributed by atoms with Crippen LogP contribution in [-0.2, 0) is 17.6 Å². The third-order valence-electron chi connectivity index (χ3n) is 6.83. The minimum atomic E-state index is -1.45. The zero-order chi connectivity index (χ0) is 26.1. The van der Waals surface area contributed by atoms with E-state index in [4.69, 9.17) is 25.8 Å². The van der Waals surface area contributed by atoms with Crippen molar-refractivity contribution in [3.8, 4) is 11.5 Å². The summed E-state index contributed by atoms with van der Waals surface area (Å²) in [4.78, 5) is 0. The lowest BCUT2D eigenvalue weighted by atomic mass is 9.90. The molecule has 0 spiro atoms. The monoisotopic (exact) mass is 530 g/mol. The fraction of sp³-hybridized carbons (Fsp3) is 0.357. The van der Waals surface area contributed by atoms with Gasteiger partial charge in [-0.3, -0.25) is 0 Å². The highest BCUT2D eigenvalue weighted by atomic mass is 35.5. The lowest BCUT2D eigenvalue weighted by Gasteiger charge is -2.40. The summed E-state index contributed by atoms with van der Waals surface area (Å²) < 4.78 is 31.1. The van der Waals surface area contributed by atoms with Gasteiger partial charge >= 0.3 is 0 Å². The minimum Gasteiger partial charge on any atom is -0.490 e. The summed E-state index contributed by atoms with van der Waals surface area (Å²) in [7, 11) is 0. The van der Waals surface area contributed by atoms with Crippen LogP contribution in [0, 0.1) is 5.82 Å². The van der Waals surface area contributed by atoms with Gasteiger partial charge in [-0.1, -0.05) is 48.0 Å². The Labute approximate surface area is 218 Å². The van der Waals surface area contributed by atoms with Crippen LogP contribution in [0.4, 0.5) is 4.39 Å². The molecule has 0 amide bonds. The summed E-state index contributed by atoms with van der Waals surface area (Å²) in [5.74, 6) is 0.595. The fourth-order valence-corrected chi connectivity index (χ4v) is 4.97. The Bertz CT molecular complexity index is 1240. The second kappa shape index (κ2) is 10.9. The maximum atomic E-state index is 13.9. The minimum absolute atomic E-state index is 0.254. The fourth-order valence-electron chi connectivity index (χ4n) is 4.79. The van der Waals surface area contributed by atoms with Crippen LogP contribution in [0.1, 0.15) is 28.4 Å². The van der Waals surface area contributed by atoms with Gasteiger partial charge in [0.2, 0.25) is 0 Å². The number of ether oxygens (including phenoxy) is 3. The van der Waals surface area contributed by atoms with Crippen molar-refractivity contribution in [1.82, 2.24) is 0 Å². The summed E-state index contributed by atoms with van der Waals surface area (Å²) in [6, 6.07) is 17.6. The Balaban J connectivity index is 1.22. The molecule has 0 bridgehead atoms. The highest BCUT2D eigenvalue weighted by Gasteiger charge is 2.44. The molecule has 3 aromatic rings. The molecule has 2 aliphatic rings. The molecule has 3 unspecified atom stereocenters. The van der Waals surface area contributed by atoms with Crippen LogP contribution in [0.2, 0.25) is 5.02 Å². The number of rotatable bonds is 7. The quantitative estimate of drug-likeness (QED) is 0.372. The number of fused-ring (bicyclic) bond motifs is 1. The number of benzene rings is 3. The second-order valence-electron chi connectivity index (χ2n) is 9.40. The number of para-hydroxylation sites is 1. The van der Waals surface area contributed by atoms with Gasteiger partial charge in [0, 0.05) is 17.0 Å². The summed E-state index contributed by atoms with van der Waals surface area (Å²) >= 11 is 6.43. The summed E-state index contributed by atoms with van der Waals surface area (Å²) in [6.07, 6.45) is -5.32. The molecule has 9 heteroatoms. The number of halogens is 2. The van der Waals surface area contributed by atoms with Crippen LogP contribution >= 0.6 is 11.6 Å². The van der Waals surface area contributed by atoms with Crippen LogP contribution in [-0.4, -0.2) is 64.2 Å². The molecule has 2 aliphatic heterocycles. The van der Waals surface area contributed by atoms with E-state index in [1.54, 1.807) is 24.3 Å². The van der Waals surface area contributed by atoms with E-state index in [2.05, 4.69) is 0 Å². The normalized spacial score (nSPS) is 27.0. The predicted molar refractivity (Wildman–Crippen MR) is 133 cm³/mol. The average Bonchev–Trinajstić information content (AvgIpc) is 3.33. The second-order valence-corrected chi connectivity index (χ2v) is 9.81. The lowest BCUT2D eigenvalue weighted by Crippen LogP contribution is -2.55. The Hall–Kier alpha value is -2.72. The Kier molecular flexibility index (Phi) is 7.67. The summed E-state index contributed by atoms with van der Waals surface area (Å²) in [6.45, 7) is -0.201. The molecule has 196 valence electrons. The van der Waals surface area contributed by atoms with Gasteiger partial charge in [-0.2, -0.15) is 0 Å². The van der Waals surface area contributed by atoms with Crippen LogP contribution in [0.25, 0.3) is 0 Å². The van der Waals surface area contributed by atoms with Gasteiger partial charge in [-0.05, 0) is 47.4 Å². The summed E-state index contributed by atoms with van der Waals surface area (Å²) in [5.41, 5.74) is 3.16. The topological polar surface area (TPSA) is 109 Å². The largest absolute Gasteiger partial charge is 0.490 e. The third kappa shape index (κ3) is 5.45. The summed E-state index contributed by atoms with van der Waals surface area (Å²) in [5, 5.41) is 40.6. The zero-order valence-corrected chi connectivity index (χ0v) is 20.6. The van der Waals surface area contributed by atoms with E-state index in [1.807, 2.05) is 30.3 Å². The van der Waals surface area contributed by atoms with Gasteiger partial charge in [0.25, 0.3) is 0 Å². The van der Waals surface area contributed by atoms with Crippen molar-refractivity contribution in [3.63, 3.8) is 0 Å². The molecule has 3 aromatic carbocycles. The SMILES string of the molecule is OC[C@H]1OC(c2ccc(Cl)c(Cc3ccc(OCC4Cc5cccc(F)c5O4)cc3)c2)[C@H](O)[C@@H](O)C1O. The van der Waals surface area contributed by atoms with Crippen molar-refractivity contribution in [2.75, 3.05) is 13.2 Å². The van der Waals surface area contributed by atoms with Crippen LogP contribution < -0.4 is 9.47 Å². The predicted octanol–water partition coefficient (Wildman–Crippen LogP) is 2.97. The molecule has 1 fully saturated rings. The van der Waals surface area contributed by atoms with Gasteiger partial charge in [0.1, 0.15) is 49.0 Å². The Morgan fingerprint density at radius 3 is 2.49 bits per heavy atom. The molecule has 2 heterocycles. The van der Waals surface area contributed by atoms with Crippen molar-refractivity contribution < 1.29 is 39.0 Å². The highest BCUT2D eigenvalue weighted by Crippen LogP contribution is 2.35. The maximum Gasteiger partial charge on any atom is 0.165 e. The number of aliphatic hydroxyl groups is 4. The van der Waals surface area contributed by atoms with Crippen molar-refractivity contribution in [3.05, 3.63) is 93.8 Å². The molecule has 4 N–H and O–H groups in total. The first-order valence-corrected chi connectivity index (χ1v) is 12.5. The van der Waals surface area contributed by atoms with Crippen molar-refractivity contribution in [1.29, 1.82) is 0 Å². The average molecular weight is 531 g/mol. The molecule has 0 aromatic heterocycles. The molecule has 0 saturated carbocycles. The van der Waals surface area contributed by atoms with E-state index < -0.39 is 37.1 Å². The van der Waals surface area contributed by atoms with Crippen LogP contribution in [0.15, 0.2) is 60.7 Å². The zero-order valence-electron chi connectivity index (χ0n) is 19.8. The Morgan fingerprint density at radius 1 is 0.973 bits per heavy atom. The van der Waals surface area contributed by atoms with Crippen LogP contribution in [0.3, 0.4) is 0 Å². The van der Waals surface area contributed by atoms with E-state index in [-0.39, 0.29) is 11.9 Å². The first-order chi connectivity index (χ1) is 17.8.